The molecule has 1 aliphatic heterocycles. The number of carbonyl (C=O) groups excluding carboxylic acids is 1. The largest absolute Gasteiger partial charge is 0.484 e. The second-order valence-corrected chi connectivity index (χ2v) is 8.15. The molecule has 1 aliphatic carbocycles. The van der Waals surface area contributed by atoms with Crippen LogP contribution < -0.4 is 14.4 Å². The van der Waals surface area contributed by atoms with Gasteiger partial charge in [-0.15, -0.1) is 10.2 Å². The molecule has 2 heterocycles. The Morgan fingerprint density at radius 1 is 0.967 bits per heavy atom. The van der Waals surface area contributed by atoms with Crippen molar-refractivity contribution < 1.29 is 14.3 Å². The molecule has 0 spiro atoms. The Balaban J connectivity index is 1.22. The van der Waals surface area contributed by atoms with Crippen molar-refractivity contribution in [3.8, 4) is 11.6 Å². The number of benzene rings is 1. The minimum atomic E-state index is -0.0214. The van der Waals surface area contributed by atoms with E-state index in [0.717, 1.165) is 18.7 Å². The predicted octanol–water partition coefficient (Wildman–Crippen LogP) is 3.57. The molecule has 30 heavy (non-hydrogen) atoms. The lowest BCUT2D eigenvalue weighted by Gasteiger charge is -2.35. The fourth-order valence-electron chi connectivity index (χ4n) is 3.85. The highest BCUT2D eigenvalue weighted by Gasteiger charge is 2.23. The van der Waals surface area contributed by atoms with Crippen LogP contribution in [0.25, 0.3) is 0 Å². The highest BCUT2D eigenvalue weighted by atomic mass is 35.5. The van der Waals surface area contributed by atoms with Gasteiger partial charge in [-0.05, 0) is 56.0 Å². The normalized spacial score (nSPS) is 17.6. The number of hydrogen-bond donors (Lipinski definition) is 0. The molecule has 0 N–H and O–H groups in total. The molecule has 1 aromatic heterocycles. The number of carbonyl (C=O) groups is 1. The molecule has 1 saturated carbocycles. The number of rotatable bonds is 6. The summed E-state index contributed by atoms with van der Waals surface area (Å²) in [6.45, 7) is 2.71. The molecule has 2 aliphatic rings. The number of hydrogen-bond acceptors (Lipinski definition) is 6. The molecule has 2 fully saturated rings. The van der Waals surface area contributed by atoms with E-state index in [9.17, 15) is 4.79 Å². The molecule has 1 saturated heterocycles. The van der Waals surface area contributed by atoms with Gasteiger partial charge in [0.1, 0.15) is 11.9 Å². The average molecular weight is 431 g/mol. The van der Waals surface area contributed by atoms with Gasteiger partial charge in [-0.25, -0.2) is 0 Å². The van der Waals surface area contributed by atoms with Gasteiger partial charge >= 0.3 is 0 Å². The third kappa shape index (κ3) is 5.53. The van der Waals surface area contributed by atoms with Crippen molar-refractivity contribution in [2.45, 2.75) is 38.2 Å². The number of piperazine rings is 1. The first-order valence-corrected chi connectivity index (χ1v) is 11.0. The summed E-state index contributed by atoms with van der Waals surface area (Å²) in [7, 11) is 0. The second kappa shape index (κ2) is 9.98. The Labute approximate surface area is 181 Å². The van der Waals surface area contributed by atoms with Crippen LogP contribution in [0.15, 0.2) is 36.4 Å². The summed E-state index contributed by atoms with van der Waals surface area (Å²) in [5.41, 5.74) is 0. The van der Waals surface area contributed by atoms with Crippen molar-refractivity contribution in [2.24, 2.45) is 0 Å². The summed E-state index contributed by atoms with van der Waals surface area (Å²) >= 11 is 5.86. The molecule has 4 rings (SSSR count). The smallest absolute Gasteiger partial charge is 0.260 e. The molecule has 1 aromatic carbocycles. The van der Waals surface area contributed by atoms with Gasteiger partial charge in [0.25, 0.3) is 5.91 Å². The number of nitrogens with zero attached hydrogens (tertiary/aromatic N) is 4. The minimum absolute atomic E-state index is 0.0214. The van der Waals surface area contributed by atoms with Gasteiger partial charge in [-0.2, -0.15) is 0 Å². The Morgan fingerprint density at radius 3 is 2.37 bits per heavy atom. The van der Waals surface area contributed by atoms with Crippen molar-refractivity contribution in [2.75, 3.05) is 37.7 Å². The molecule has 0 atom stereocenters. The monoisotopic (exact) mass is 430 g/mol. The first kappa shape index (κ1) is 20.7. The van der Waals surface area contributed by atoms with E-state index in [1.54, 1.807) is 24.3 Å². The van der Waals surface area contributed by atoms with E-state index in [1.165, 1.54) is 19.3 Å². The standard InChI is InChI=1S/C22H27ClN4O3/c23-17-6-8-18(9-7-17)29-16-22(28)27-14-12-26(13-15-27)20-10-11-21(25-24-20)30-19-4-2-1-3-5-19/h6-11,19H,1-5,12-16H2. The van der Waals surface area contributed by atoms with Gasteiger partial charge in [0.05, 0.1) is 0 Å². The summed E-state index contributed by atoms with van der Waals surface area (Å²) in [5, 5.41) is 9.22. The second-order valence-electron chi connectivity index (χ2n) is 7.72. The van der Waals surface area contributed by atoms with Crippen LogP contribution in [0, 0.1) is 0 Å². The molecule has 2 aromatic rings. The molecule has 160 valence electrons. The van der Waals surface area contributed by atoms with Gasteiger partial charge in [0.2, 0.25) is 5.88 Å². The summed E-state index contributed by atoms with van der Waals surface area (Å²) in [4.78, 5) is 16.4. The van der Waals surface area contributed by atoms with E-state index < -0.39 is 0 Å². The number of anilines is 1. The summed E-state index contributed by atoms with van der Waals surface area (Å²) < 4.78 is 11.5. The van der Waals surface area contributed by atoms with E-state index in [2.05, 4.69) is 15.1 Å². The van der Waals surface area contributed by atoms with Crippen LogP contribution >= 0.6 is 11.6 Å². The maximum absolute atomic E-state index is 12.4. The molecule has 0 bridgehead atoms. The molecular weight excluding hydrogens is 404 g/mol. The third-order valence-corrected chi connectivity index (χ3v) is 5.85. The van der Waals surface area contributed by atoms with Crippen LogP contribution in [0.3, 0.4) is 0 Å². The SMILES string of the molecule is O=C(COc1ccc(Cl)cc1)N1CCN(c2ccc(OC3CCCCC3)nn2)CC1. The van der Waals surface area contributed by atoms with Crippen LogP contribution in [0.4, 0.5) is 5.82 Å². The molecular formula is C22H27ClN4O3. The lowest BCUT2D eigenvalue weighted by Crippen LogP contribution is -2.50. The Kier molecular flexibility index (Phi) is 6.89. The zero-order chi connectivity index (χ0) is 20.8. The molecule has 0 unspecified atom stereocenters. The number of aromatic nitrogens is 2. The van der Waals surface area contributed by atoms with Gasteiger partial charge in [0.15, 0.2) is 12.4 Å². The van der Waals surface area contributed by atoms with Crippen LogP contribution in [0.1, 0.15) is 32.1 Å². The molecule has 8 heteroatoms. The van der Waals surface area contributed by atoms with Gasteiger partial charge in [-0.3, -0.25) is 4.79 Å². The van der Waals surface area contributed by atoms with Crippen molar-refractivity contribution >= 4 is 23.3 Å². The van der Waals surface area contributed by atoms with Crippen molar-refractivity contribution in [3.63, 3.8) is 0 Å². The number of ether oxygens (including phenoxy) is 2. The average Bonchev–Trinajstić information content (AvgIpc) is 2.80. The van der Waals surface area contributed by atoms with E-state index in [4.69, 9.17) is 21.1 Å². The van der Waals surface area contributed by atoms with Crippen molar-refractivity contribution in [1.29, 1.82) is 0 Å². The van der Waals surface area contributed by atoms with Gasteiger partial charge < -0.3 is 19.3 Å². The van der Waals surface area contributed by atoms with E-state index in [-0.39, 0.29) is 18.6 Å². The zero-order valence-electron chi connectivity index (χ0n) is 17.0. The van der Waals surface area contributed by atoms with Gasteiger partial charge in [0, 0.05) is 37.3 Å². The quantitative estimate of drug-likeness (QED) is 0.697. The summed E-state index contributed by atoms with van der Waals surface area (Å²) in [6.07, 6.45) is 6.21. The zero-order valence-corrected chi connectivity index (χ0v) is 17.8. The third-order valence-electron chi connectivity index (χ3n) is 5.60. The summed E-state index contributed by atoms with van der Waals surface area (Å²) in [5.74, 6) is 2.03. The first-order valence-electron chi connectivity index (χ1n) is 10.6. The minimum Gasteiger partial charge on any atom is -0.484 e. The predicted molar refractivity (Wildman–Crippen MR) is 115 cm³/mol. The van der Waals surface area contributed by atoms with Crippen LogP contribution in [0.2, 0.25) is 5.02 Å². The highest BCUT2D eigenvalue weighted by molar-refractivity contribution is 6.30. The van der Waals surface area contributed by atoms with Crippen LogP contribution in [0.5, 0.6) is 11.6 Å². The maximum atomic E-state index is 12.4. The van der Waals surface area contributed by atoms with Crippen LogP contribution in [-0.4, -0.2) is 59.9 Å². The Hall–Kier alpha value is -2.54. The fraction of sp³-hybridized carbons (Fsp3) is 0.500. The first-order chi connectivity index (χ1) is 14.7. The van der Waals surface area contributed by atoms with Crippen molar-refractivity contribution in [3.05, 3.63) is 41.4 Å². The van der Waals surface area contributed by atoms with E-state index >= 15 is 0 Å². The molecule has 0 radical (unpaired) electrons. The molecule has 1 amide bonds. The summed E-state index contributed by atoms with van der Waals surface area (Å²) in [6, 6.07) is 10.8. The topological polar surface area (TPSA) is 67.8 Å². The number of halogens is 1. The van der Waals surface area contributed by atoms with E-state index in [1.807, 2.05) is 17.0 Å². The lowest BCUT2D eigenvalue weighted by molar-refractivity contribution is -0.133. The van der Waals surface area contributed by atoms with Gasteiger partial charge in [-0.1, -0.05) is 18.0 Å². The number of amides is 1. The fourth-order valence-corrected chi connectivity index (χ4v) is 3.98. The maximum Gasteiger partial charge on any atom is 0.260 e. The Bertz CT molecular complexity index is 817. The van der Waals surface area contributed by atoms with Crippen LogP contribution in [-0.2, 0) is 4.79 Å². The lowest BCUT2D eigenvalue weighted by atomic mass is 9.98. The highest BCUT2D eigenvalue weighted by Crippen LogP contribution is 2.23. The Morgan fingerprint density at radius 2 is 1.70 bits per heavy atom. The van der Waals surface area contributed by atoms with Crippen molar-refractivity contribution in [1.82, 2.24) is 15.1 Å². The van der Waals surface area contributed by atoms with E-state index in [0.29, 0.717) is 42.8 Å². The molecule has 7 nitrogen and oxygen atoms in total.